The zero-order valence-electron chi connectivity index (χ0n) is 8.66. The fourth-order valence-corrected chi connectivity index (χ4v) is 2.23. The summed E-state index contributed by atoms with van der Waals surface area (Å²) in [5.74, 6) is -0.354. The number of aliphatic hydroxyl groups is 1. The molecule has 1 N–H and O–H groups in total. The van der Waals surface area contributed by atoms with Crippen molar-refractivity contribution in [1.82, 2.24) is 0 Å². The lowest BCUT2D eigenvalue weighted by molar-refractivity contribution is 0.177. The molecule has 0 fully saturated rings. The Labute approximate surface area is 111 Å². The summed E-state index contributed by atoms with van der Waals surface area (Å²) in [6.07, 6.45) is 0.846. The zero-order chi connectivity index (χ0) is 12.4. The van der Waals surface area contributed by atoms with Gasteiger partial charge in [-0.15, -0.1) is 0 Å². The lowest BCUT2D eigenvalue weighted by Gasteiger charge is -2.10. The van der Waals surface area contributed by atoms with Crippen LogP contribution in [0, 0.1) is 5.82 Å². The van der Waals surface area contributed by atoms with Gasteiger partial charge in [0, 0.05) is 12.0 Å². The van der Waals surface area contributed by atoms with E-state index in [0.29, 0.717) is 15.6 Å². The van der Waals surface area contributed by atoms with Gasteiger partial charge >= 0.3 is 0 Å². The summed E-state index contributed by atoms with van der Waals surface area (Å²) in [5.41, 5.74) is 1.18. The number of benzene rings is 1. The van der Waals surface area contributed by atoms with Gasteiger partial charge < -0.3 is 9.52 Å². The Morgan fingerprint density at radius 2 is 2.18 bits per heavy atom. The molecule has 1 unspecified atom stereocenters. The third-order valence-electron chi connectivity index (χ3n) is 2.45. The van der Waals surface area contributed by atoms with Crippen LogP contribution >= 0.6 is 27.5 Å². The lowest BCUT2D eigenvalue weighted by Crippen LogP contribution is -2.02. The Balaban J connectivity index is 2.22. The molecule has 5 heteroatoms. The summed E-state index contributed by atoms with van der Waals surface area (Å²) in [7, 11) is 0. The first kappa shape index (κ1) is 12.6. The molecule has 0 aliphatic rings. The predicted molar refractivity (Wildman–Crippen MR) is 66.5 cm³/mol. The third-order valence-corrected chi connectivity index (χ3v) is 3.65. The van der Waals surface area contributed by atoms with Crippen LogP contribution in [0.3, 0.4) is 0 Å². The number of halogens is 3. The van der Waals surface area contributed by atoms with E-state index in [1.54, 1.807) is 18.2 Å². The van der Waals surface area contributed by atoms with Crippen molar-refractivity contribution in [3.8, 4) is 0 Å². The summed E-state index contributed by atoms with van der Waals surface area (Å²) in [5, 5.41) is 10.1. The van der Waals surface area contributed by atoms with Gasteiger partial charge in [-0.1, -0.05) is 12.1 Å². The summed E-state index contributed by atoms with van der Waals surface area (Å²) >= 11 is 8.91. The van der Waals surface area contributed by atoms with Crippen molar-refractivity contribution in [2.24, 2.45) is 0 Å². The Hall–Kier alpha value is -0.840. The number of aliphatic hydroxyl groups excluding tert-OH is 1. The lowest BCUT2D eigenvalue weighted by atomic mass is 10.0. The molecule has 1 aromatic heterocycles. The normalized spacial score (nSPS) is 12.7. The van der Waals surface area contributed by atoms with Crippen molar-refractivity contribution < 1.29 is 13.9 Å². The maximum absolute atomic E-state index is 13.3. The highest BCUT2D eigenvalue weighted by Gasteiger charge is 2.16. The fourth-order valence-electron chi connectivity index (χ4n) is 1.57. The summed E-state index contributed by atoms with van der Waals surface area (Å²) in [6.45, 7) is 0. The van der Waals surface area contributed by atoms with E-state index >= 15 is 0 Å². The summed E-state index contributed by atoms with van der Waals surface area (Å²) < 4.78 is 18.5. The first-order valence-electron chi connectivity index (χ1n) is 4.93. The highest BCUT2D eigenvalue weighted by Crippen LogP contribution is 2.29. The van der Waals surface area contributed by atoms with Crippen molar-refractivity contribution in [3.63, 3.8) is 0 Å². The molecule has 17 heavy (non-hydrogen) atoms. The molecule has 2 rings (SSSR count). The molecule has 1 heterocycles. The maximum atomic E-state index is 13.3. The van der Waals surface area contributed by atoms with Crippen LogP contribution < -0.4 is 0 Å². The van der Waals surface area contributed by atoms with Crippen molar-refractivity contribution in [1.29, 1.82) is 0 Å². The van der Waals surface area contributed by atoms with Crippen molar-refractivity contribution in [3.05, 3.63) is 57.2 Å². The van der Waals surface area contributed by atoms with E-state index in [2.05, 4.69) is 15.9 Å². The minimum atomic E-state index is -0.820. The molecule has 0 saturated carbocycles. The molecular weight excluding hydrogens is 310 g/mol. The molecule has 0 amide bonds. The molecule has 90 valence electrons. The van der Waals surface area contributed by atoms with Gasteiger partial charge in [0.15, 0.2) is 5.22 Å². The van der Waals surface area contributed by atoms with Gasteiger partial charge in [0.25, 0.3) is 0 Å². The molecule has 0 aliphatic heterocycles. The number of furan rings is 1. The standard InChI is InChI=1S/C12H9BrClFO2/c13-11-7(2-1-3-9(11)15)6-10(16)8-4-5-17-12(8)14/h1-5,10,16H,6H2. The molecular formula is C12H9BrClFO2. The fraction of sp³-hybridized carbons (Fsp3) is 0.167. The van der Waals surface area contributed by atoms with Crippen LogP contribution in [0.4, 0.5) is 4.39 Å². The van der Waals surface area contributed by atoms with E-state index in [4.69, 9.17) is 16.0 Å². The maximum Gasteiger partial charge on any atom is 0.198 e. The number of hydrogen-bond acceptors (Lipinski definition) is 2. The molecule has 1 aromatic carbocycles. The predicted octanol–water partition coefficient (Wildman–Crippen LogP) is 4.11. The van der Waals surface area contributed by atoms with Crippen LogP contribution in [0.2, 0.25) is 5.22 Å². The molecule has 0 spiro atoms. The second kappa shape index (κ2) is 5.21. The first-order valence-corrected chi connectivity index (χ1v) is 6.10. The molecule has 0 saturated heterocycles. The smallest absolute Gasteiger partial charge is 0.198 e. The van der Waals surface area contributed by atoms with Crippen LogP contribution in [0.5, 0.6) is 0 Å². The first-order chi connectivity index (χ1) is 8.09. The van der Waals surface area contributed by atoms with Gasteiger partial charge in [0.2, 0.25) is 0 Å². The average Bonchev–Trinajstić information content (AvgIpc) is 2.71. The van der Waals surface area contributed by atoms with Gasteiger partial charge in [-0.2, -0.15) is 0 Å². The van der Waals surface area contributed by atoms with E-state index in [0.717, 1.165) is 0 Å². The Kier molecular flexibility index (Phi) is 3.86. The van der Waals surface area contributed by atoms with E-state index in [-0.39, 0.29) is 17.5 Å². The minimum absolute atomic E-state index is 0.157. The highest BCUT2D eigenvalue weighted by atomic mass is 79.9. The van der Waals surface area contributed by atoms with E-state index in [1.807, 2.05) is 0 Å². The molecule has 0 radical (unpaired) electrons. The van der Waals surface area contributed by atoms with Crippen LogP contribution in [0.1, 0.15) is 17.2 Å². The monoisotopic (exact) mass is 318 g/mol. The molecule has 1 atom stereocenters. The largest absolute Gasteiger partial charge is 0.453 e. The SMILES string of the molecule is OC(Cc1cccc(F)c1Br)c1ccoc1Cl. The average molecular weight is 320 g/mol. The summed E-state index contributed by atoms with van der Waals surface area (Å²) in [6, 6.07) is 6.29. The van der Waals surface area contributed by atoms with Gasteiger partial charge in [-0.25, -0.2) is 4.39 Å². The Morgan fingerprint density at radius 3 is 2.82 bits per heavy atom. The van der Waals surface area contributed by atoms with Crippen molar-refractivity contribution in [2.45, 2.75) is 12.5 Å². The topological polar surface area (TPSA) is 33.4 Å². The number of hydrogen-bond donors (Lipinski definition) is 1. The van der Waals surface area contributed by atoms with E-state index < -0.39 is 6.10 Å². The third kappa shape index (κ3) is 2.70. The Bertz CT molecular complexity index is 527. The van der Waals surface area contributed by atoms with Crippen LogP contribution in [0.25, 0.3) is 0 Å². The highest BCUT2D eigenvalue weighted by molar-refractivity contribution is 9.10. The molecule has 0 bridgehead atoms. The summed E-state index contributed by atoms with van der Waals surface area (Å²) in [4.78, 5) is 0. The van der Waals surface area contributed by atoms with E-state index in [9.17, 15) is 9.50 Å². The minimum Gasteiger partial charge on any atom is -0.453 e. The van der Waals surface area contributed by atoms with Crippen LogP contribution in [-0.4, -0.2) is 5.11 Å². The van der Waals surface area contributed by atoms with E-state index in [1.165, 1.54) is 12.3 Å². The Morgan fingerprint density at radius 1 is 1.41 bits per heavy atom. The molecule has 2 nitrogen and oxygen atoms in total. The van der Waals surface area contributed by atoms with Gasteiger partial charge in [0.05, 0.1) is 16.8 Å². The van der Waals surface area contributed by atoms with Crippen LogP contribution in [-0.2, 0) is 6.42 Å². The zero-order valence-corrected chi connectivity index (χ0v) is 11.0. The second-order valence-corrected chi connectivity index (χ2v) is 4.72. The van der Waals surface area contributed by atoms with Gasteiger partial charge in [-0.05, 0) is 45.2 Å². The molecule has 0 aliphatic carbocycles. The molecule has 2 aromatic rings. The van der Waals surface area contributed by atoms with Crippen LogP contribution in [0.15, 0.2) is 39.4 Å². The van der Waals surface area contributed by atoms with Gasteiger partial charge in [-0.3, -0.25) is 0 Å². The van der Waals surface area contributed by atoms with Gasteiger partial charge in [0.1, 0.15) is 5.82 Å². The quantitative estimate of drug-likeness (QED) is 0.923. The second-order valence-electron chi connectivity index (χ2n) is 3.58. The number of rotatable bonds is 3. The van der Waals surface area contributed by atoms with Crippen molar-refractivity contribution >= 4 is 27.5 Å². The van der Waals surface area contributed by atoms with Crippen molar-refractivity contribution in [2.75, 3.05) is 0 Å².